The summed E-state index contributed by atoms with van der Waals surface area (Å²) >= 11 is 0. The van der Waals surface area contributed by atoms with E-state index in [1.807, 2.05) is 13.2 Å². The molecule has 4 heterocycles. The third-order valence-corrected chi connectivity index (χ3v) is 4.79. The predicted octanol–water partition coefficient (Wildman–Crippen LogP) is 2.60. The number of hydrogen-bond acceptors (Lipinski definition) is 6. The summed E-state index contributed by atoms with van der Waals surface area (Å²) < 4.78 is 22.9. The van der Waals surface area contributed by atoms with Gasteiger partial charge in [0.25, 0.3) is 5.89 Å². The molecule has 1 atom stereocenters. The first-order chi connectivity index (χ1) is 13.2. The maximum absolute atomic E-state index is 13.2. The highest BCUT2D eigenvalue weighted by Crippen LogP contribution is 2.32. The minimum atomic E-state index is -0.274. The molecule has 0 bridgehead atoms. The monoisotopic (exact) mass is 365 g/mol. The lowest BCUT2D eigenvalue weighted by Crippen LogP contribution is -2.20. The number of fused-ring (bicyclic) bond motifs is 1. The maximum atomic E-state index is 13.2. The van der Waals surface area contributed by atoms with Gasteiger partial charge in [0.15, 0.2) is 5.82 Å². The predicted molar refractivity (Wildman–Crippen MR) is 93.0 cm³/mol. The van der Waals surface area contributed by atoms with Crippen LogP contribution in [0.15, 0.2) is 41.1 Å². The highest BCUT2D eigenvalue weighted by Gasteiger charge is 2.28. The Labute approximate surface area is 153 Å². The normalized spacial score (nSPS) is 16.4. The smallest absolute Gasteiger partial charge is 0.250 e. The van der Waals surface area contributed by atoms with Crippen LogP contribution in [-0.2, 0) is 20.0 Å². The van der Waals surface area contributed by atoms with E-state index >= 15 is 0 Å². The standard InChI is InChI=1S/C18H16FN7O/c1-25-9-13(8-20-25)18-24-23-17(27-18)12-4-7-15-21-22-16(26(15)10-12)11-2-5-14(19)6-3-11/h2-3,5-6,8-9,12H,4,7,10H2,1H3. The number of benzene rings is 1. The summed E-state index contributed by atoms with van der Waals surface area (Å²) in [6.07, 6.45) is 5.16. The van der Waals surface area contributed by atoms with Gasteiger partial charge in [0.2, 0.25) is 5.89 Å². The molecule has 1 aliphatic rings. The Morgan fingerprint density at radius 3 is 2.70 bits per heavy atom. The molecule has 9 heteroatoms. The zero-order chi connectivity index (χ0) is 18.4. The molecule has 27 heavy (non-hydrogen) atoms. The molecule has 4 aromatic rings. The van der Waals surface area contributed by atoms with Crippen LogP contribution in [0.3, 0.4) is 0 Å². The first-order valence-electron chi connectivity index (χ1n) is 8.68. The van der Waals surface area contributed by atoms with Gasteiger partial charge >= 0.3 is 0 Å². The Kier molecular flexibility index (Phi) is 3.59. The lowest BCUT2D eigenvalue weighted by molar-refractivity contribution is 0.374. The van der Waals surface area contributed by atoms with Crippen molar-refractivity contribution < 1.29 is 8.81 Å². The molecule has 0 saturated carbocycles. The molecule has 1 aliphatic heterocycles. The molecule has 8 nitrogen and oxygen atoms in total. The third-order valence-electron chi connectivity index (χ3n) is 4.79. The van der Waals surface area contributed by atoms with Crippen LogP contribution in [0.5, 0.6) is 0 Å². The fourth-order valence-corrected chi connectivity index (χ4v) is 3.39. The zero-order valence-corrected chi connectivity index (χ0v) is 14.6. The minimum absolute atomic E-state index is 0.0746. The van der Waals surface area contributed by atoms with Crippen LogP contribution >= 0.6 is 0 Å². The summed E-state index contributed by atoms with van der Waals surface area (Å²) in [4.78, 5) is 0. The lowest BCUT2D eigenvalue weighted by Gasteiger charge is -2.21. The summed E-state index contributed by atoms with van der Waals surface area (Å²) in [7, 11) is 1.84. The topological polar surface area (TPSA) is 87.5 Å². The SMILES string of the molecule is Cn1cc(-c2nnc(C3CCc4nnc(-c5ccc(F)cc5)n4C3)o2)cn1. The first-order valence-corrected chi connectivity index (χ1v) is 8.68. The molecule has 0 saturated heterocycles. The summed E-state index contributed by atoms with van der Waals surface area (Å²) in [5.41, 5.74) is 1.63. The van der Waals surface area contributed by atoms with E-state index < -0.39 is 0 Å². The first kappa shape index (κ1) is 15.9. The Bertz CT molecular complexity index is 1100. The summed E-state index contributed by atoms with van der Waals surface area (Å²) in [6.45, 7) is 0.643. The number of halogens is 1. The molecule has 1 unspecified atom stereocenters. The van der Waals surface area contributed by atoms with Crippen molar-refractivity contribution in [1.29, 1.82) is 0 Å². The Morgan fingerprint density at radius 1 is 1.07 bits per heavy atom. The second-order valence-electron chi connectivity index (χ2n) is 6.64. The molecule has 5 rings (SSSR count). The van der Waals surface area contributed by atoms with Crippen molar-refractivity contribution in [1.82, 2.24) is 34.7 Å². The van der Waals surface area contributed by atoms with E-state index in [1.165, 1.54) is 12.1 Å². The van der Waals surface area contributed by atoms with Gasteiger partial charge in [-0.3, -0.25) is 4.68 Å². The second-order valence-corrected chi connectivity index (χ2v) is 6.64. The number of hydrogen-bond donors (Lipinski definition) is 0. The van der Waals surface area contributed by atoms with Gasteiger partial charge in [-0.1, -0.05) is 0 Å². The Hall–Kier alpha value is -3.36. The number of aryl methyl sites for hydroxylation is 2. The van der Waals surface area contributed by atoms with Gasteiger partial charge in [-0.2, -0.15) is 5.10 Å². The molecule has 0 fully saturated rings. The molecule has 0 N–H and O–H groups in total. The van der Waals surface area contributed by atoms with Crippen molar-refractivity contribution in [2.45, 2.75) is 25.3 Å². The zero-order valence-electron chi connectivity index (χ0n) is 14.6. The van der Waals surface area contributed by atoms with Crippen LogP contribution in [0, 0.1) is 5.82 Å². The number of rotatable bonds is 3. The van der Waals surface area contributed by atoms with E-state index in [0.29, 0.717) is 18.3 Å². The average Bonchev–Trinajstić information content (AvgIpc) is 3.40. The van der Waals surface area contributed by atoms with Gasteiger partial charge in [0.1, 0.15) is 11.6 Å². The number of nitrogens with zero attached hydrogens (tertiary/aromatic N) is 7. The average molecular weight is 365 g/mol. The van der Waals surface area contributed by atoms with Crippen LogP contribution in [-0.4, -0.2) is 34.7 Å². The molecule has 0 aliphatic carbocycles. The Morgan fingerprint density at radius 2 is 1.93 bits per heavy atom. The largest absolute Gasteiger partial charge is 0.420 e. The van der Waals surface area contributed by atoms with Gasteiger partial charge in [-0.15, -0.1) is 20.4 Å². The van der Waals surface area contributed by atoms with E-state index in [2.05, 4.69) is 30.1 Å². The summed E-state index contributed by atoms with van der Waals surface area (Å²) in [6, 6.07) is 6.28. The van der Waals surface area contributed by atoms with Crippen molar-refractivity contribution in [3.63, 3.8) is 0 Å². The molecule has 0 spiro atoms. The van der Waals surface area contributed by atoms with Gasteiger partial charge < -0.3 is 8.98 Å². The van der Waals surface area contributed by atoms with E-state index in [4.69, 9.17) is 4.42 Å². The molecule has 1 aromatic carbocycles. The van der Waals surface area contributed by atoms with Crippen molar-refractivity contribution in [2.24, 2.45) is 7.05 Å². The van der Waals surface area contributed by atoms with Gasteiger partial charge in [-0.05, 0) is 30.7 Å². The second kappa shape index (κ2) is 6.11. The lowest BCUT2D eigenvalue weighted by atomic mass is 9.99. The van der Waals surface area contributed by atoms with Crippen molar-refractivity contribution in [3.8, 4) is 22.8 Å². The molecule has 136 valence electrons. The van der Waals surface area contributed by atoms with E-state index in [-0.39, 0.29) is 11.7 Å². The fraction of sp³-hybridized carbons (Fsp3) is 0.278. The molecular formula is C18H16FN7O. The molecular weight excluding hydrogens is 349 g/mol. The van der Waals surface area contributed by atoms with Crippen molar-refractivity contribution in [2.75, 3.05) is 0 Å². The van der Waals surface area contributed by atoms with Gasteiger partial charge in [0, 0.05) is 31.8 Å². The van der Waals surface area contributed by atoms with Crippen LogP contribution < -0.4 is 0 Å². The number of aromatic nitrogens is 7. The van der Waals surface area contributed by atoms with Crippen LogP contribution in [0.25, 0.3) is 22.8 Å². The van der Waals surface area contributed by atoms with E-state index in [9.17, 15) is 4.39 Å². The van der Waals surface area contributed by atoms with Crippen molar-refractivity contribution in [3.05, 3.63) is 54.2 Å². The summed E-state index contributed by atoms with van der Waals surface area (Å²) in [5.74, 6) is 2.50. The van der Waals surface area contributed by atoms with E-state index in [0.717, 1.165) is 35.6 Å². The van der Waals surface area contributed by atoms with Crippen LogP contribution in [0.2, 0.25) is 0 Å². The minimum Gasteiger partial charge on any atom is -0.420 e. The van der Waals surface area contributed by atoms with Gasteiger partial charge in [0.05, 0.1) is 17.7 Å². The van der Waals surface area contributed by atoms with Crippen LogP contribution in [0.1, 0.15) is 24.1 Å². The fourth-order valence-electron chi connectivity index (χ4n) is 3.39. The molecule has 3 aromatic heterocycles. The van der Waals surface area contributed by atoms with Crippen LogP contribution in [0.4, 0.5) is 4.39 Å². The quantitative estimate of drug-likeness (QED) is 0.555. The van der Waals surface area contributed by atoms with Gasteiger partial charge in [-0.25, -0.2) is 4.39 Å². The third kappa shape index (κ3) is 2.80. The Balaban J connectivity index is 1.43. The highest BCUT2D eigenvalue weighted by molar-refractivity contribution is 5.55. The van der Waals surface area contributed by atoms with E-state index in [1.54, 1.807) is 23.0 Å². The molecule has 0 amide bonds. The highest BCUT2D eigenvalue weighted by atomic mass is 19.1. The van der Waals surface area contributed by atoms with Crippen molar-refractivity contribution >= 4 is 0 Å². The molecule has 0 radical (unpaired) electrons. The maximum Gasteiger partial charge on any atom is 0.250 e. The summed E-state index contributed by atoms with van der Waals surface area (Å²) in [5, 5.41) is 21.1.